The maximum Gasteiger partial charge on any atom is 0.242 e. The Kier molecular flexibility index (Phi) is 9.55. The van der Waals surface area contributed by atoms with Gasteiger partial charge in [-0.05, 0) is 44.0 Å². The third-order valence-corrected chi connectivity index (χ3v) is 5.68. The lowest BCUT2D eigenvalue weighted by atomic mass is 10.1. The number of amides is 2. The molecule has 0 saturated heterocycles. The lowest BCUT2D eigenvalue weighted by Gasteiger charge is -2.29. The predicted octanol–water partition coefficient (Wildman–Crippen LogP) is 4.91. The van der Waals surface area contributed by atoms with E-state index in [1.165, 1.54) is 5.56 Å². The van der Waals surface area contributed by atoms with Crippen molar-refractivity contribution in [2.24, 2.45) is 0 Å². The first-order valence-electron chi connectivity index (χ1n) is 9.82. The molecule has 0 saturated carbocycles. The van der Waals surface area contributed by atoms with E-state index in [2.05, 4.69) is 17.4 Å². The molecule has 29 heavy (non-hydrogen) atoms. The van der Waals surface area contributed by atoms with E-state index < -0.39 is 6.04 Å². The largest absolute Gasteiger partial charge is 0.352 e. The van der Waals surface area contributed by atoms with Gasteiger partial charge >= 0.3 is 0 Å². The normalized spacial score (nSPS) is 11.9. The summed E-state index contributed by atoms with van der Waals surface area (Å²) in [5.41, 5.74) is 2.15. The van der Waals surface area contributed by atoms with Crippen molar-refractivity contribution in [1.82, 2.24) is 10.2 Å². The summed E-state index contributed by atoms with van der Waals surface area (Å²) in [5.74, 6) is 1.40. The van der Waals surface area contributed by atoms with Gasteiger partial charge in [0.2, 0.25) is 11.8 Å². The molecule has 0 aromatic heterocycles. The summed E-state index contributed by atoms with van der Waals surface area (Å²) in [4.78, 5) is 27.2. The number of carbonyl (C=O) groups is 2. The van der Waals surface area contributed by atoms with E-state index in [0.29, 0.717) is 23.7 Å². The molecule has 0 bridgehead atoms. The monoisotopic (exact) mass is 432 g/mol. The van der Waals surface area contributed by atoms with Crippen LogP contribution in [0.5, 0.6) is 0 Å². The smallest absolute Gasteiger partial charge is 0.242 e. The van der Waals surface area contributed by atoms with E-state index in [4.69, 9.17) is 11.6 Å². The molecule has 0 radical (unpaired) electrons. The van der Waals surface area contributed by atoms with E-state index in [-0.39, 0.29) is 17.9 Å². The second-order valence-corrected chi connectivity index (χ2v) is 8.82. The van der Waals surface area contributed by atoms with Crippen LogP contribution in [0.3, 0.4) is 0 Å². The number of benzene rings is 2. The fraction of sp³-hybridized carbons (Fsp3) is 0.391. The van der Waals surface area contributed by atoms with Gasteiger partial charge < -0.3 is 10.2 Å². The Morgan fingerprint density at radius 2 is 1.72 bits per heavy atom. The molecule has 2 amide bonds. The first-order valence-corrected chi connectivity index (χ1v) is 11.4. The summed E-state index contributed by atoms with van der Waals surface area (Å²) in [6.07, 6.45) is 0.386. The Balaban J connectivity index is 2.00. The van der Waals surface area contributed by atoms with Gasteiger partial charge in [-0.2, -0.15) is 11.8 Å². The zero-order valence-corrected chi connectivity index (χ0v) is 18.8. The minimum Gasteiger partial charge on any atom is -0.352 e. The summed E-state index contributed by atoms with van der Waals surface area (Å²) in [6.45, 7) is 5.95. The molecule has 0 heterocycles. The van der Waals surface area contributed by atoms with Crippen molar-refractivity contribution in [3.8, 4) is 0 Å². The van der Waals surface area contributed by atoms with Crippen molar-refractivity contribution in [2.45, 2.75) is 51.6 Å². The maximum atomic E-state index is 13.0. The van der Waals surface area contributed by atoms with Gasteiger partial charge in [-0.3, -0.25) is 9.59 Å². The van der Waals surface area contributed by atoms with Crippen molar-refractivity contribution in [2.75, 3.05) is 5.75 Å². The van der Waals surface area contributed by atoms with Gasteiger partial charge in [-0.1, -0.05) is 54.1 Å². The molecular formula is C23H29ClN2O2S. The molecule has 6 heteroatoms. The van der Waals surface area contributed by atoms with Gasteiger partial charge in [0, 0.05) is 35.5 Å². The molecule has 156 valence electrons. The van der Waals surface area contributed by atoms with Crippen molar-refractivity contribution < 1.29 is 9.59 Å². The molecule has 0 unspecified atom stereocenters. The van der Waals surface area contributed by atoms with Crippen molar-refractivity contribution in [3.05, 3.63) is 70.7 Å². The van der Waals surface area contributed by atoms with Crippen molar-refractivity contribution in [3.63, 3.8) is 0 Å². The highest BCUT2D eigenvalue weighted by Gasteiger charge is 2.26. The molecule has 4 nitrogen and oxygen atoms in total. The van der Waals surface area contributed by atoms with Crippen LogP contribution in [0.2, 0.25) is 5.02 Å². The van der Waals surface area contributed by atoms with E-state index in [9.17, 15) is 9.59 Å². The standard InChI is InChI=1S/C23H29ClN2O2S/c1-17(2)25-23(28)18(3)26(15-20-10-7-11-21(24)14-20)22(27)12-13-29-16-19-8-5-4-6-9-19/h4-11,14,17-18H,12-13,15-16H2,1-3H3,(H,25,28)/t18-/m1/s1. The molecular weight excluding hydrogens is 404 g/mol. The fourth-order valence-electron chi connectivity index (χ4n) is 2.89. The highest BCUT2D eigenvalue weighted by Crippen LogP contribution is 2.18. The molecule has 0 fully saturated rings. The molecule has 0 aliphatic rings. The Hall–Kier alpha value is -1.98. The lowest BCUT2D eigenvalue weighted by molar-refractivity contribution is -0.140. The highest BCUT2D eigenvalue weighted by molar-refractivity contribution is 7.98. The Labute approximate surface area is 183 Å². The lowest BCUT2D eigenvalue weighted by Crippen LogP contribution is -2.49. The topological polar surface area (TPSA) is 49.4 Å². The van der Waals surface area contributed by atoms with Crippen molar-refractivity contribution in [1.29, 1.82) is 0 Å². The Morgan fingerprint density at radius 1 is 1.03 bits per heavy atom. The number of hydrogen-bond acceptors (Lipinski definition) is 3. The van der Waals surface area contributed by atoms with E-state index in [0.717, 1.165) is 11.3 Å². The number of halogens is 1. The van der Waals surface area contributed by atoms with Crippen LogP contribution in [0.1, 0.15) is 38.3 Å². The first-order chi connectivity index (χ1) is 13.9. The van der Waals surface area contributed by atoms with E-state index >= 15 is 0 Å². The maximum absolute atomic E-state index is 13.0. The van der Waals surface area contributed by atoms with Crippen LogP contribution in [0.25, 0.3) is 0 Å². The van der Waals surface area contributed by atoms with Crippen molar-refractivity contribution >= 4 is 35.2 Å². The number of carbonyl (C=O) groups excluding carboxylic acids is 2. The number of nitrogens with one attached hydrogen (secondary N) is 1. The number of nitrogens with zero attached hydrogens (tertiary/aromatic N) is 1. The highest BCUT2D eigenvalue weighted by atomic mass is 35.5. The molecule has 0 aliphatic heterocycles. The third-order valence-electron chi connectivity index (χ3n) is 4.41. The Bertz CT molecular complexity index is 798. The summed E-state index contributed by atoms with van der Waals surface area (Å²) in [7, 11) is 0. The summed E-state index contributed by atoms with van der Waals surface area (Å²) >= 11 is 7.82. The second kappa shape index (κ2) is 11.9. The van der Waals surface area contributed by atoms with Gasteiger partial charge in [-0.15, -0.1) is 0 Å². The number of rotatable bonds is 10. The molecule has 2 aromatic rings. The van der Waals surface area contributed by atoms with E-state index in [1.54, 1.807) is 29.7 Å². The summed E-state index contributed by atoms with van der Waals surface area (Å²) in [6, 6.07) is 17.1. The molecule has 1 atom stereocenters. The fourth-order valence-corrected chi connectivity index (χ4v) is 3.99. The van der Waals surface area contributed by atoms with Crippen LogP contribution in [0, 0.1) is 0 Å². The average molecular weight is 433 g/mol. The number of thioether (sulfide) groups is 1. The van der Waals surface area contributed by atoms with Crippen LogP contribution >= 0.6 is 23.4 Å². The van der Waals surface area contributed by atoms with Gasteiger partial charge in [-0.25, -0.2) is 0 Å². The minimum absolute atomic E-state index is 0.0227. The Morgan fingerprint density at radius 3 is 2.38 bits per heavy atom. The van der Waals surface area contributed by atoms with Crippen LogP contribution in [0.15, 0.2) is 54.6 Å². The van der Waals surface area contributed by atoms with E-state index in [1.807, 2.05) is 50.2 Å². The molecule has 0 spiro atoms. The van der Waals surface area contributed by atoms with Gasteiger partial charge in [0.25, 0.3) is 0 Å². The average Bonchev–Trinajstić information content (AvgIpc) is 2.69. The zero-order chi connectivity index (χ0) is 21.2. The molecule has 2 rings (SSSR count). The third kappa shape index (κ3) is 8.11. The van der Waals surface area contributed by atoms with Crippen LogP contribution in [0.4, 0.5) is 0 Å². The molecule has 1 N–H and O–H groups in total. The predicted molar refractivity (Wildman–Crippen MR) is 122 cm³/mol. The quantitative estimate of drug-likeness (QED) is 0.543. The first kappa shape index (κ1) is 23.3. The molecule has 0 aliphatic carbocycles. The van der Waals surface area contributed by atoms with Gasteiger partial charge in [0.05, 0.1) is 0 Å². The molecule has 2 aromatic carbocycles. The van der Waals surface area contributed by atoms with Gasteiger partial charge in [0.1, 0.15) is 6.04 Å². The summed E-state index contributed by atoms with van der Waals surface area (Å²) in [5, 5.41) is 3.52. The van der Waals surface area contributed by atoms with Crippen LogP contribution < -0.4 is 5.32 Å². The van der Waals surface area contributed by atoms with Crippen LogP contribution in [-0.2, 0) is 21.9 Å². The SMILES string of the molecule is CC(C)NC(=O)[C@@H](C)N(Cc1cccc(Cl)c1)C(=O)CCSCc1ccccc1. The summed E-state index contributed by atoms with van der Waals surface area (Å²) < 4.78 is 0. The van der Waals surface area contributed by atoms with Crippen LogP contribution in [-0.4, -0.2) is 34.6 Å². The second-order valence-electron chi connectivity index (χ2n) is 7.28. The van der Waals surface area contributed by atoms with Gasteiger partial charge in [0.15, 0.2) is 0 Å². The zero-order valence-electron chi connectivity index (χ0n) is 17.2. The number of hydrogen-bond donors (Lipinski definition) is 1. The minimum atomic E-state index is -0.553.